The van der Waals surface area contributed by atoms with E-state index >= 15 is 0 Å². The van der Waals surface area contributed by atoms with E-state index in [0.717, 1.165) is 18.2 Å². The second-order valence-corrected chi connectivity index (χ2v) is 4.60. The molecule has 0 saturated carbocycles. The van der Waals surface area contributed by atoms with Crippen molar-refractivity contribution in [3.63, 3.8) is 0 Å². The normalized spacial score (nSPS) is 11.5. The van der Waals surface area contributed by atoms with Crippen LogP contribution < -0.4 is 5.73 Å². The zero-order chi connectivity index (χ0) is 13.0. The Morgan fingerprint density at radius 2 is 2.50 bits per heavy atom. The van der Waals surface area contributed by atoms with Crippen molar-refractivity contribution in [1.29, 1.82) is 0 Å². The Balaban J connectivity index is 2.21. The number of carbonyl (C=O) groups excluding carboxylic acids is 1. The van der Waals surface area contributed by atoms with E-state index in [2.05, 4.69) is 25.2 Å². The molecule has 0 spiro atoms. The second kappa shape index (κ2) is 5.60. The smallest absolute Gasteiger partial charge is 0.284 e. The van der Waals surface area contributed by atoms with Gasteiger partial charge in [-0.05, 0) is 0 Å². The van der Waals surface area contributed by atoms with Crippen LogP contribution in [0.4, 0.5) is 5.13 Å². The first-order valence-electron chi connectivity index (χ1n) is 4.51. The number of rotatable bonds is 4. The standard InChI is InChI=1S/C8H7N5O3S2/c1-15-13-5(4-2-17-7(9)11-4)6(14)18-8-12-10-3-16-8/h2-3H,1H3,(H2,9,11)/b13-5-. The van der Waals surface area contributed by atoms with Crippen molar-refractivity contribution in [2.75, 3.05) is 12.8 Å². The lowest BCUT2D eigenvalue weighted by Crippen LogP contribution is -2.13. The van der Waals surface area contributed by atoms with Crippen LogP contribution >= 0.6 is 23.1 Å². The van der Waals surface area contributed by atoms with Crippen molar-refractivity contribution in [3.8, 4) is 0 Å². The summed E-state index contributed by atoms with van der Waals surface area (Å²) in [5, 5.41) is 12.3. The Hall–Kier alpha value is -1.94. The number of anilines is 1. The van der Waals surface area contributed by atoms with Crippen LogP contribution in [-0.4, -0.2) is 33.1 Å². The lowest BCUT2D eigenvalue weighted by Gasteiger charge is -1.98. The molecule has 2 heterocycles. The summed E-state index contributed by atoms with van der Waals surface area (Å²) in [7, 11) is 1.33. The molecule has 0 saturated heterocycles. The van der Waals surface area contributed by atoms with Gasteiger partial charge in [0.15, 0.2) is 10.8 Å². The number of thioether (sulfide) groups is 1. The molecule has 0 aliphatic heterocycles. The van der Waals surface area contributed by atoms with Gasteiger partial charge in [-0.2, -0.15) is 0 Å². The maximum absolute atomic E-state index is 12.0. The van der Waals surface area contributed by atoms with E-state index in [0.29, 0.717) is 10.8 Å². The summed E-state index contributed by atoms with van der Waals surface area (Å²) in [5.74, 6) is 0. The lowest BCUT2D eigenvalue weighted by atomic mass is 10.3. The van der Waals surface area contributed by atoms with Crippen molar-refractivity contribution < 1.29 is 14.0 Å². The maximum atomic E-state index is 12.0. The predicted molar refractivity (Wildman–Crippen MR) is 65.2 cm³/mol. The van der Waals surface area contributed by atoms with Crippen LogP contribution in [0.15, 0.2) is 26.6 Å². The summed E-state index contributed by atoms with van der Waals surface area (Å²) in [5.41, 5.74) is 5.88. The molecule has 0 aromatic carbocycles. The maximum Gasteiger partial charge on any atom is 0.284 e. The third-order valence-electron chi connectivity index (χ3n) is 1.66. The number of hydrogen-bond donors (Lipinski definition) is 1. The summed E-state index contributed by atoms with van der Waals surface area (Å²) in [6.45, 7) is 0. The van der Waals surface area contributed by atoms with Gasteiger partial charge in [-0.3, -0.25) is 4.79 Å². The zero-order valence-electron chi connectivity index (χ0n) is 9.06. The van der Waals surface area contributed by atoms with Gasteiger partial charge in [0.25, 0.3) is 10.3 Å². The molecule has 94 valence electrons. The fourth-order valence-electron chi connectivity index (χ4n) is 1.01. The molecule has 8 nitrogen and oxygen atoms in total. The van der Waals surface area contributed by atoms with E-state index in [1.165, 1.54) is 18.4 Å². The molecule has 0 aliphatic rings. The van der Waals surface area contributed by atoms with Gasteiger partial charge in [-0.25, -0.2) is 4.98 Å². The number of hydrogen-bond acceptors (Lipinski definition) is 10. The third-order valence-corrected chi connectivity index (χ3v) is 3.07. The second-order valence-electron chi connectivity index (χ2n) is 2.79. The van der Waals surface area contributed by atoms with Crippen molar-refractivity contribution in [2.24, 2.45) is 5.16 Å². The molecule has 0 radical (unpaired) electrons. The summed E-state index contributed by atoms with van der Waals surface area (Å²) in [6, 6.07) is 0. The average molecular weight is 285 g/mol. The highest BCUT2D eigenvalue weighted by atomic mass is 32.2. The minimum absolute atomic E-state index is 0.0358. The number of nitrogens with two attached hydrogens (primary N) is 1. The number of carbonyl (C=O) groups is 1. The third kappa shape index (κ3) is 2.84. The van der Waals surface area contributed by atoms with Gasteiger partial charge in [-0.1, -0.05) is 5.16 Å². The van der Waals surface area contributed by atoms with Gasteiger partial charge >= 0.3 is 0 Å². The highest BCUT2D eigenvalue weighted by Crippen LogP contribution is 2.20. The van der Waals surface area contributed by atoms with Gasteiger partial charge in [0.05, 0.1) is 0 Å². The first-order chi connectivity index (χ1) is 8.70. The quantitative estimate of drug-likeness (QED) is 0.497. The molecule has 2 rings (SSSR count). The fourth-order valence-corrected chi connectivity index (χ4v) is 2.14. The number of thiazole rings is 1. The lowest BCUT2D eigenvalue weighted by molar-refractivity contribution is -0.105. The Kier molecular flexibility index (Phi) is 3.89. The SMILES string of the molecule is CO/N=C(\C(=O)Sc1nnco1)c1csc(N)n1. The summed E-state index contributed by atoms with van der Waals surface area (Å²) in [6.07, 6.45) is 1.13. The Morgan fingerprint density at radius 1 is 1.67 bits per heavy atom. The zero-order valence-corrected chi connectivity index (χ0v) is 10.7. The molecule has 18 heavy (non-hydrogen) atoms. The molecule has 0 unspecified atom stereocenters. The molecule has 0 amide bonds. The van der Waals surface area contributed by atoms with Gasteiger partial charge < -0.3 is 15.0 Å². The summed E-state index contributed by atoms with van der Waals surface area (Å²) in [4.78, 5) is 20.5. The van der Waals surface area contributed by atoms with Crippen molar-refractivity contribution >= 4 is 39.1 Å². The summed E-state index contributed by atoms with van der Waals surface area (Å²) >= 11 is 1.94. The first kappa shape index (κ1) is 12.5. The first-order valence-corrected chi connectivity index (χ1v) is 6.21. The van der Waals surface area contributed by atoms with E-state index in [9.17, 15) is 4.79 Å². The molecule has 2 aromatic heterocycles. The Bertz CT molecular complexity index is 565. The van der Waals surface area contributed by atoms with Crippen molar-refractivity contribution in [1.82, 2.24) is 15.2 Å². The minimum atomic E-state index is -0.425. The molecule has 0 atom stereocenters. The van der Waals surface area contributed by atoms with Gasteiger partial charge in [0.1, 0.15) is 12.8 Å². The molecule has 0 aliphatic carbocycles. The van der Waals surface area contributed by atoms with Crippen LogP contribution in [-0.2, 0) is 9.63 Å². The number of aromatic nitrogens is 3. The minimum Gasteiger partial charge on any atom is -0.418 e. The topological polar surface area (TPSA) is 116 Å². The molecule has 2 N–H and O–H groups in total. The molecule has 2 aromatic rings. The van der Waals surface area contributed by atoms with E-state index in [4.69, 9.17) is 10.2 Å². The van der Waals surface area contributed by atoms with E-state index in [-0.39, 0.29) is 10.9 Å². The highest BCUT2D eigenvalue weighted by Gasteiger charge is 2.21. The van der Waals surface area contributed by atoms with Gasteiger partial charge in [0, 0.05) is 17.1 Å². The molecular weight excluding hydrogens is 278 g/mol. The molecular formula is C8H7N5O3S2. The van der Waals surface area contributed by atoms with Crippen LogP contribution in [0.5, 0.6) is 0 Å². The van der Waals surface area contributed by atoms with E-state index in [1.807, 2.05) is 0 Å². The summed E-state index contributed by atoms with van der Waals surface area (Å²) < 4.78 is 4.86. The van der Waals surface area contributed by atoms with E-state index < -0.39 is 5.12 Å². The molecule has 0 bridgehead atoms. The number of nitrogen functional groups attached to an aromatic ring is 1. The molecule has 0 fully saturated rings. The highest BCUT2D eigenvalue weighted by molar-refractivity contribution is 8.15. The van der Waals surface area contributed by atoms with Crippen molar-refractivity contribution in [3.05, 3.63) is 17.5 Å². The largest absolute Gasteiger partial charge is 0.418 e. The number of oxime groups is 1. The van der Waals surface area contributed by atoms with Crippen molar-refractivity contribution in [2.45, 2.75) is 5.22 Å². The van der Waals surface area contributed by atoms with Crippen LogP contribution in [0, 0.1) is 0 Å². The predicted octanol–water partition coefficient (Wildman–Crippen LogP) is 0.778. The van der Waals surface area contributed by atoms with Crippen LogP contribution in [0.25, 0.3) is 0 Å². The monoisotopic (exact) mass is 285 g/mol. The fraction of sp³-hybridized carbons (Fsp3) is 0.125. The average Bonchev–Trinajstić information content (AvgIpc) is 2.97. The Labute approximate surface area is 109 Å². The molecule has 10 heteroatoms. The van der Waals surface area contributed by atoms with E-state index in [1.54, 1.807) is 5.38 Å². The van der Waals surface area contributed by atoms with Crippen LogP contribution in [0.2, 0.25) is 0 Å². The number of nitrogens with zero attached hydrogens (tertiary/aromatic N) is 4. The van der Waals surface area contributed by atoms with Gasteiger partial charge in [0.2, 0.25) is 6.39 Å². The van der Waals surface area contributed by atoms with Gasteiger partial charge in [-0.15, -0.1) is 21.5 Å². The Morgan fingerprint density at radius 3 is 3.06 bits per heavy atom. The van der Waals surface area contributed by atoms with Crippen LogP contribution in [0.1, 0.15) is 5.69 Å². The van der Waals surface area contributed by atoms with Crippen LogP contribution in [0.3, 0.4) is 0 Å².